The molecule has 2 rings (SSSR count). The van der Waals surface area contributed by atoms with Gasteiger partial charge in [0.1, 0.15) is 18.1 Å². The summed E-state index contributed by atoms with van der Waals surface area (Å²) >= 11 is 0. The zero-order chi connectivity index (χ0) is 17.7. The van der Waals surface area contributed by atoms with E-state index < -0.39 is 10.0 Å². The lowest BCUT2D eigenvalue weighted by Crippen LogP contribution is -2.15. The largest absolute Gasteiger partial charge is 0.497 e. The highest BCUT2D eigenvalue weighted by atomic mass is 32.2. The third-order valence-corrected chi connectivity index (χ3v) is 5.10. The van der Waals surface area contributed by atoms with Crippen LogP contribution in [0.2, 0.25) is 0 Å². The number of anilines is 1. The number of rotatable bonds is 7. The molecule has 0 aliphatic carbocycles. The van der Waals surface area contributed by atoms with Crippen LogP contribution in [0.3, 0.4) is 0 Å². The Kier molecular flexibility index (Phi) is 5.51. The van der Waals surface area contributed by atoms with Gasteiger partial charge in [-0.25, -0.2) is 8.42 Å². The van der Waals surface area contributed by atoms with Crippen molar-refractivity contribution in [1.82, 2.24) is 0 Å². The monoisotopic (exact) mass is 347 g/mol. The van der Waals surface area contributed by atoms with Crippen molar-refractivity contribution in [3.05, 3.63) is 60.2 Å². The lowest BCUT2D eigenvalue weighted by molar-refractivity contribution is 0.363. The Bertz CT molecular complexity index is 804. The Labute approximate surface area is 143 Å². The predicted molar refractivity (Wildman–Crippen MR) is 95.4 cm³/mol. The molecule has 128 valence electrons. The Morgan fingerprint density at radius 2 is 1.67 bits per heavy atom. The van der Waals surface area contributed by atoms with Gasteiger partial charge in [0.2, 0.25) is 0 Å². The summed E-state index contributed by atoms with van der Waals surface area (Å²) in [6.07, 6.45) is 1.64. The maximum atomic E-state index is 12.7. The minimum Gasteiger partial charge on any atom is -0.497 e. The molecule has 0 saturated heterocycles. The molecule has 0 radical (unpaired) electrons. The molecule has 0 spiro atoms. The van der Waals surface area contributed by atoms with Crippen LogP contribution in [0.15, 0.2) is 53.9 Å². The number of hydrogen-bond acceptors (Lipinski definition) is 4. The molecule has 0 aliphatic heterocycles. The summed E-state index contributed by atoms with van der Waals surface area (Å²) in [6, 6.07) is 10.1. The van der Waals surface area contributed by atoms with Gasteiger partial charge in [0, 0.05) is 5.69 Å². The fourth-order valence-electron chi connectivity index (χ4n) is 2.43. The first-order valence-corrected chi connectivity index (χ1v) is 8.87. The molecule has 0 bridgehead atoms. The molecule has 5 nitrogen and oxygen atoms in total. The zero-order valence-corrected chi connectivity index (χ0v) is 14.8. The van der Waals surface area contributed by atoms with E-state index in [1.54, 1.807) is 63.4 Å². The van der Waals surface area contributed by atoms with Crippen molar-refractivity contribution in [2.75, 3.05) is 18.4 Å². The van der Waals surface area contributed by atoms with Crippen LogP contribution in [0, 0.1) is 13.8 Å². The lowest BCUT2D eigenvalue weighted by atomic mass is 10.1. The number of nitrogens with one attached hydrogen (secondary N) is 1. The van der Waals surface area contributed by atoms with Crippen molar-refractivity contribution < 1.29 is 17.9 Å². The van der Waals surface area contributed by atoms with Gasteiger partial charge in [0.05, 0.1) is 12.0 Å². The molecular weight excluding hydrogens is 326 g/mol. The first-order valence-electron chi connectivity index (χ1n) is 7.39. The van der Waals surface area contributed by atoms with Gasteiger partial charge in [0.15, 0.2) is 0 Å². The van der Waals surface area contributed by atoms with Crippen molar-refractivity contribution in [3.8, 4) is 11.5 Å². The summed E-state index contributed by atoms with van der Waals surface area (Å²) in [7, 11) is -2.14. The molecule has 0 fully saturated rings. The van der Waals surface area contributed by atoms with Gasteiger partial charge in [-0.1, -0.05) is 12.7 Å². The van der Waals surface area contributed by atoms with Crippen LogP contribution in [0.25, 0.3) is 0 Å². The molecule has 2 aromatic carbocycles. The first-order chi connectivity index (χ1) is 11.4. The van der Waals surface area contributed by atoms with Gasteiger partial charge in [0.25, 0.3) is 10.0 Å². The standard InChI is InChI=1S/C18H21NO4S/c1-5-10-23-16-8-6-15(7-9-16)19-24(20,21)18-13(2)11-17(22-4)12-14(18)3/h5-9,11-12,19H,1,10H2,2-4H3. The second-order valence-corrected chi connectivity index (χ2v) is 6.94. The molecule has 0 amide bonds. The SMILES string of the molecule is C=CCOc1ccc(NS(=O)(=O)c2c(C)cc(OC)cc2C)cc1. The van der Waals surface area contributed by atoms with E-state index in [1.165, 1.54) is 0 Å². The summed E-state index contributed by atoms with van der Waals surface area (Å²) in [5, 5.41) is 0. The summed E-state index contributed by atoms with van der Waals surface area (Å²) in [5.41, 5.74) is 1.73. The Balaban J connectivity index is 2.27. The first kappa shape index (κ1) is 17.9. The third-order valence-electron chi connectivity index (χ3n) is 3.41. The van der Waals surface area contributed by atoms with Crippen LogP contribution >= 0.6 is 0 Å². The molecule has 2 aromatic rings. The van der Waals surface area contributed by atoms with Gasteiger partial charge in [-0.15, -0.1) is 0 Å². The zero-order valence-electron chi connectivity index (χ0n) is 14.0. The topological polar surface area (TPSA) is 64.6 Å². The van der Waals surface area contributed by atoms with E-state index in [0.717, 1.165) is 0 Å². The van der Waals surface area contributed by atoms with Crippen LogP contribution in [-0.4, -0.2) is 22.1 Å². The summed E-state index contributed by atoms with van der Waals surface area (Å²) < 4.78 is 38.5. The van der Waals surface area contributed by atoms with E-state index in [0.29, 0.717) is 34.9 Å². The molecule has 0 unspecified atom stereocenters. The summed E-state index contributed by atoms with van der Waals surface area (Å²) in [5.74, 6) is 1.28. The number of ether oxygens (including phenoxy) is 2. The van der Waals surface area contributed by atoms with Crippen molar-refractivity contribution in [2.24, 2.45) is 0 Å². The maximum Gasteiger partial charge on any atom is 0.262 e. The Hall–Kier alpha value is -2.47. The van der Waals surface area contributed by atoms with Crippen LogP contribution < -0.4 is 14.2 Å². The van der Waals surface area contributed by atoms with Crippen LogP contribution in [-0.2, 0) is 10.0 Å². The van der Waals surface area contributed by atoms with Crippen LogP contribution in [0.4, 0.5) is 5.69 Å². The van der Waals surface area contributed by atoms with Crippen molar-refractivity contribution in [1.29, 1.82) is 0 Å². The molecule has 6 heteroatoms. The average Bonchev–Trinajstić information content (AvgIpc) is 2.52. The number of hydrogen-bond donors (Lipinski definition) is 1. The highest BCUT2D eigenvalue weighted by molar-refractivity contribution is 7.92. The van der Waals surface area contributed by atoms with Gasteiger partial charge >= 0.3 is 0 Å². The molecular formula is C18H21NO4S. The van der Waals surface area contributed by atoms with Crippen LogP contribution in [0.1, 0.15) is 11.1 Å². The third kappa shape index (κ3) is 4.08. The summed E-state index contributed by atoms with van der Waals surface area (Å²) in [4.78, 5) is 0.260. The van der Waals surface area contributed by atoms with E-state index in [1.807, 2.05) is 0 Å². The predicted octanol–water partition coefficient (Wildman–Crippen LogP) is 3.68. The maximum absolute atomic E-state index is 12.7. The second kappa shape index (κ2) is 7.40. The molecule has 0 saturated carbocycles. The normalized spacial score (nSPS) is 11.0. The smallest absolute Gasteiger partial charge is 0.262 e. The Morgan fingerprint density at radius 1 is 1.08 bits per heavy atom. The van der Waals surface area contributed by atoms with Crippen molar-refractivity contribution in [2.45, 2.75) is 18.7 Å². The number of aryl methyl sites for hydroxylation is 2. The molecule has 24 heavy (non-hydrogen) atoms. The molecule has 0 aromatic heterocycles. The highest BCUT2D eigenvalue weighted by Crippen LogP contribution is 2.27. The highest BCUT2D eigenvalue weighted by Gasteiger charge is 2.20. The Morgan fingerprint density at radius 3 is 2.17 bits per heavy atom. The fourth-order valence-corrected chi connectivity index (χ4v) is 3.95. The number of sulfonamides is 1. The molecule has 0 aliphatic rings. The molecule has 0 atom stereocenters. The van der Waals surface area contributed by atoms with E-state index in [-0.39, 0.29) is 4.90 Å². The number of benzene rings is 2. The molecule has 0 heterocycles. The minimum absolute atomic E-state index is 0.260. The minimum atomic E-state index is -3.69. The van der Waals surface area contributed by atoms with Crippen LogP contribution in [0.5, 0.6) is 11.5 Å². The van der Waals surface area contributed by atoms with E-state index in [9.17, 15) is 8.42 Å². The quantitative estimate of drug-likeness (QED) is 0.776. The average molecular weight is 347 g/mol. The van der Waals surface area contributed by atoms with Gasteiger partial charge < -0.3 is 9.47 Å². The van der Waals surface area contributed by atoms with Crippen molar-refractivity contribution in [3.63, 3.8) is 0 Å². The van der Waals surface area contributed by atoms with Gasteiger partial charge in [-0.05, 0) is 61.4 Å². The fraction of sp³-hybridized carbons (Fsp3) is 0.222. The van der Waals surface area contributed by atoms with E-state index in [2.05, 4.69) is 11.3 Å². The van der Waals surface area contributed by atoms with E-state index in [4.69, 9.17) is 9.47 Å². The second-order valence-electron chi connectivity index (χ2n) is 5.32. The lowest BCUT2D eigenvalue weighted by Gasteiger charge is -2.14. The van der Waals surface area contributed by atoms with Gasteiger partial charge in [-0.2, -0.15) is 0 Å². The number of methoxy groups -OCH3 is 1. The summed E-state index contributed by atoms with van der Waals surface area (Å²) in [6.45, 7) is 7.47. The van der Waals surface area contributed by atoms with E-state index >= 15 is 0 Å². The molecule has 1 N–H and O–H groups in total. The van der Waals surface area contributed by atoms with Crippen molar-refractivity contribution >= 4 is 15.7 Å². The van der Waals surface area contributed by atoms with Gasteiger partial charge in [-0.3, -0.25) is 4.72 Å².